The Bertz CT molecular complexity index is 420. The van der Waals surface area contributed by atoms with E-state index in [1.54, 1.807) is 0 Å². The van der Waals surface area contributed by atoms with Crippen molar-refractivity contribution in [1.29, 1.82) is 0 Å². The maximum atomic E-state index is 6.16. The van der Waals surface area contributed by atoms with Crippen LogP contribution in [0.5, 0.6) is 0 Å². The highest BCUT2D eigenvalue weighted by Crippen LogP contribution is 2.50. The molecule has 1 unspecified atom stereocenters. The molecule has 2 fully saturated rings. The Labute approximate surface area is 109 Å². The molecular weight excluding hydrogens is 224 g/mol. The van der Waals surface area contributed by atoms with Crippen molar-refractivity contribution in [2.24, 2.45) is 5.73 Å². The quantitative estimate of drug-likeness (QED) is 0.885. The Morgan fingerprint density at radius 2 is 2.00 bits per heavy atom. The molecular formula is C15H22N2O. The Hall–Kier alpha value is -1.06. The molecule has 1 aromatic rings. The third-order valence-electron chi connectivity index (χ3n) is 4.46. The largest absolute Gasteiger partial charge is 0.378 e. The molecule has 0 aromatic heterocycles. The number of benzene rings is 1. The van der Waals surface area contributed by atoms with Crippen molar-refractivity contribution in [2.45, 2.75) is 31.2 Å². The molecule has 1 aliphatic carbocycles. The lowest BCUT2D eigenvalue weighted by molar-refractivity contribution is 0.122. The standard InChI is InChI=1S/C15H22N2O/c1-12(16)15(5-6-15)13-3-2-4-14(11-13)17-7-9-18-10-8-17/h2-4,11-12H,5-10,16H2,1H3. The van der Waals surface area contributed by atoms with Gasteiger partial charge in [-0.2, -0.15) is 0 Å². The summed E-state index contributed by atoms with van der Waals surface area (Å²) in [5, 5.41) is 0. The Kier molecular flexibility index (Phi) is 3.04. The highest BCUT2D eigenvalue weighted by Gasteiger charge is 2.47. The Balaban J connectivity index is 1.85. The molecule has 1 heterocycles. The summed E-state index contributed by atoms with van der Waals surface area (Å²) in [4.78, 5) is 2.41. The lowest BCUT2D eigenvalue weighted by Crippen LogP contribution is -2.36. The van der Waals surface area contributed by atoms with Crippen LogP contribution < -0.4 is 10.6 Å². The molecule has 3 rings (SSSR count). The van der Waals surface area contributed by atoms with Gasteiger partial charge in [-0.3, -0.25) is 0 Å². The van der Waals surface area contributed by atoms with Crippen LogP contribution >= 0.6 is 0 Å². The molecule has 3 nitrogen and oxygen atoms in total. The summed E-state index contributed by atoms with van der Waals surface area (Å²) < 4.78 is 5.41. The first-order valence-electron chi connectivity index (χ1n) is 6.91. The van der Waals surface area contributed by atoms with Gasteiger partial charge in [-0.25, -0.2) is 0 Å². The average molecular weight is 246 g/mol. The van der Waals surface area contributed by atoms with Gasteiger partial charge >= 0.3 is 0 Å². The van der Waals surface area contributed by atoms with Crippen LogP contribution in [0.4, 0.5) is 5.69 Å². The predicted octanol–water partition coefficient (Wildman–Crippen LogP) is 1.90. The van der Waals surface area contributed by atoms with Gasteiger partial charge in [-0.05, 0) is 37.5 Å². The van der Waals surface area contributed by atoms with Gasteiger partial charge in [-0.15, -0.1) is 0 Å². The van der Waals surface area contributed by atoms with Gasteiger partial charge < -0.3 is 15.4 Å². The van der Waals surface area contributed by atoms with E-state index in [-0.39, 0.29) is 11.5 Å². The highest BCUT2D eigenvalue weighted by molar-refractivity contribution is 5.52. The second-order valence-corrected chi connectivity index (χ2v) is 5.59. The lowest BCUT2D eigenvalue weighted by Gasteiger charge is -2.30. The van der Waals surface area contributed by atoms with E-state index >= 15 is 0 Å². The summed E-state index contributed by atoms with van der Waals surface area (Å²) in [7, 11) is 0. The second kappa shape index (κ2) is 4.56. The fourth-order valence-electron chi connectivity index (χ4n) is 2.98. The molecule has 1 saturated carbocycles. The second-order valence-electron chi connectivity index (χ2n) is 5.59. The number of nitrogens with two attached hydrogens (primary N) is 1. The van der Waals surface area contributed by atoms with Gasteiger partial charge in [0.15, 0.2) is 0 Å². The highest BCUT2D eigenvalue weighted by atomic mass is 16.5. The van der Waals surface area contributed by atoms with Crippen molar-refractivity contribution in [3.05, 3.63) is 29.8 Å². The lowest BCUT2D eigenvalue weighted by atomic mass is 9.89. The van der Waals surface area contributed by atoms with Crippen molar-refractivity contribution < 1.29 is 4.74 Å². The van der Waals surface area contributed by atoms with E-state index in [9.17, 15) is 0 Å². The zero-order chi connectivity index (χ0) is 12.6. The zero-order valence-corrected chi connectivity index (χ0v) is 11.1. The molecule has 1 saturated heterocycles. The van der Waals surface area contributed by atoms with E-state index in [1.165, 1.54) is 24.1 Å². The van der Waals surface area contributed by atoms with E-state index in [0.29, 0.717) is 0 Å². The maximum Gasteiger partial charge on any atom is 0.0642 e. The topological polar surface area (TPSA) is 38.5 Å². The minimum absolute atomic E-state index is 0.248. The van der Waals surface area contributed by atoms with Gasteiger partial charge in [0.25, 0.3) is 0 Å². The molecule has 3 heteroatoms. The van der Waals surface area contributed by atoms with Crippen molar-refractivity contribution in [3.8, 4) is 0 Å². The number of hydrogen-bond donors (Lipinski definition) is 1. The average Bonchev–Trinajstić information content (AvgIpc) is 3.21. The minimum Gasteiger partial charge on any atom is -0.378 e. The number of nitrogens with zero attached hydrogens (tertiary/aromatic N) is 1. The SMILES string of the molecule is CC(N)C1(c2cccc(N3CCOCC3)c2)CC1. The number of anilines is 1. The number of morpholine rings is 1. The van der Waals surface area contributed by atoms with E-state index < -0.39 is 0 Å². The fourth-order valence-corrected chi connectivity index (χ4v) is 2.98. The smallest absolute Gasteiger partial charge is 0.0642 e. The van der Waals surface area contributed by atoms with Gasteiger partial charge in [-0.1, -0.05) is 12.1 Å². The summed E-state index contributed by atoms with van der Waals surface area (Å²) in [5.74, 6) is 0. The van der Waals surface area contributed by atoms with E-state index in [0.717, 1.165) is 26.3 Å². The van der Waals surface area contributed by atoms with Gasteiger partial charge in [0, 0.05) is 30.2 Å². The number of hydrogen-bond acceptors (Lipinski definition) is 3. The van der Waals surface area contributed by atoms with Crippen LogP contribution in [-0.2, 0) is 10.2 Å². The van der Waals surface area contributed by atoms with Crippen molar-refractivity contribution in [3.63, 3.8) is 0 Å². The first-order valence-corrected chi connectivity index (χ1v) is 6.91. The molecule has 1 aromatic carbocycles. The molecule has 0 bridgehead atoms. The molecule has 1 aliphatic heterocycles. The molecule has 18 heavy (non-hydrogen) atoms. The first-order chi connectivity index (χ1) is 8.72. The van der Waals surface area contributed by atoms with Crippen molar-refractivity contribution in [2.75, 3.05) is 31.2 Å². The predicted molar refractivity (Wildman–Crippen MR) is 74.0 cm³/mol. The summed E-state index contributed by atoms with van der Waals surface area (Å²) in [6, 6.07) is 9.19. The molecule has 1 atom stereocenters. The minimum atomic E-state index is 0.248. The summed E-state index contributed by atoms with van der Waals surface area (Å²) in [6.07, 6.45) is 2.47. The van der Waals surface area contributed by atoms with E-state index in [2.05, 4.69) is 36.1 Å². The van der Waals surface area contributed by atoms with Gasteiger partial charge in [0.05, 0.1) is 13.2 Å². The molecule has 2 aliphatic rings. The normalized spacial score (nSPS) is 23.8. The summed E-state index contributed by atoms with van der Waals surface area (Å²) in [6.45, 7) is 5.79. The zero-order valence-electron chi connectivity index (χ0n) is 11.1. The summed E-state index contributed by atoms with van der Waals surface area (Å²) >= 11 is 0. The fraction of sp³-hybridized carbons (Fsp3) is 0.600. The third-order valence-corrected chi connectivity index (χ3v) is 4.46. The Morgan fingerprint density at radius 1 is 1.28 bits per heavy atom. The maximum absolute atomic E-state index is 6.16. The van der Waals surface area contributed by atoms with Crippen LogP contribution in [0.1, 0.15) is 25.3 Å². The van der Waals surface area contributed by atoms with Crippen LogP contribution in [0.25, 0.3) is 0 Å². The van der Waals surface area contributed by atoms with Crippen LogP contribution in [0.15, 0.2) is 24.3 Å². The molecule has 0 amide bonds. The molecule has 98 valence electrons. The molecule has 0 radical (unpaired) electrons. The van der Waals surface area contributed by atoms with Crippen molar-refractivity contribution in [1.82, 2.24) is 0 Å². The van der Waals surface area contributed by atoms with E-state index in [4.69, 9.17) is 10.5 Å². The monoisotopic (exact) mass is 246 g/mol. The van der Waals surface area contributed by atoms with Crippen LogP contribution in [0.3, 0.4) is 0 Å². The van der Waals surface area contributed by atoms with Gasteiger partial charge in [0.1, 0.15) is 0 Å². The van der Waals surface area contributed by atoms with Crippen LogP contribution in [0, 0.1) is 0 Å². The molecule has 2 N–H and O–H groups in total. The van der Waals surface area contributed by atoms with Crippen LogP contribution in [-0.4, -0.2) is 32.3 Å². The third kappa shape index (κ3) is 2.02. The van der Waals surface area contributed by atoms with Gasteiger partial charge in [0.2, 0.25) is 0 Å². The number of ether oxygens (including phenoxy) is 1. The Morgan fingerprint density at radius 3 is 2.61 bits per heavy atom. The number of rotatable bonds is 3. The first kappa shape index (κ1) is 12.0. The van der Waals surface area contributed by atoms with E-state index in [1.807, 2.05) is 0 Å². The van der Waals surface area contributed by atoms with Crippen LogP contribution in [0.2, 0.25) is 0 Å². The molecule has 0 spiro atoms. The summed E-state index contributed by atoms with van der Waals surface area (Å²) in [5.41, 5.74) is 9.15. The van der Waals surface area contributed by atoms with Crippen molar-refractivity contribution >= 4 is 5.69 Å².